The van der Waals surface area contributed by atoms with E-state index in [1.165, 1.54) is 4.80 Å². The fraction of sp³-hybridized carbons (Fsp3) is 0. The van der Waals surface area contributed by atoms with Crippen LogP contribution in [-0.4, -0.2) is 40.0 Å². The maximum Gasteiger partial charge on any atom is 0.223 e. The molecule has 4 aromatic heterocycles. The van der Waals surface area contributed by atoms with Crippen LogP contribution >= 0.6 is 0 Å². The molecule has 1 aromatic carbocycles. The van der Waals surface area contributed by atoms with Gasteiger partial charge in [-0.25, -0.2) is 4.68 Å². The smallest absolute Gasteiger partial charge is 0.223 e. The number of hydrogen-bond acceptors (Lipinski definition) is 6. The van der Waals surface area contributed by atoms with Gasteiger partial charge in [-0.15, -0.1) is 15.0 Å². The van der Waals surface area contributed by atoms with Gasteiger partial charge in [-0.2, -0.15) is 5.10 Å². The first-order chi connectivity index (χ1) is 13.9. The third-order valence-corrected chi connectivity index (χ3v) is 4.21. The highest BCUT2D eigenvalue weighted by Gasteiger charge is 2.10. The van der Waals surface area contributed by atoms with Crippen molar-refractivity contribution in [1.82, 2.24) is 40.0 Å². The van der Waals surface area contributed by atoms with Gasteiger partial charge >= 0.3 is 0 Å². The Morgan fingerprint density at radius 2 is 1.75 bits per heavy atom. The molecule has 0 N–H and O–H groups in total. The van der Waals surface area contributed by atoms with E-state index in [2.05, 4.69) is 36.5 Å². The van der Waals surface area contributed by atoms with E-state index in [0.29, 0.717) is 11.5 Å². The van der Waals surface area contributed by atoms with Crippen LogP contribution in [0.25, 0.3) is 34.0 Å². The maximum absolute atomic E-state index is 4.42. The number of nitrogens with zero attached hydrogens (tertiary/aromatic N) is 8. The van der Waals surface area contributed by atoms with Gasteiger partial charge in [0.15, 0.2) is 0 Å². The predicted molar refractivity (Wildman–Crippen MR) is 103 cm³/mol. The first-order valence-electron chi connectivity index (χ1n) is 8.64. The summed E-state index contributed by atoms with van der Waals surface area (Å²) >= 11 is 0. The maximum atomic E-state index is 4.42. The van der Waals surface area contributed by atoms with Gasteiger partial charge in [0, 0.05) is 30.4 Å². The summed E-state index contributed by atoms with van der Waals surface area (Å²) in [6, 6.07) is 17.5. The summed E-state index contributed by atoms with van der Waals surface area (Å²) in [6.07, 6.45) is 8.87. The Balaban J connectivity index is 1.49. The predicted octanol–water partition coefficient (Wildman–Crippen LogP) is 2.97. The summed E-state index contributed by atoms with van der Waals surface area (Å²) in [5, 5.41) is 16.9. The van der Waals surface area contributed by atoms with E-state index in [4.69, 9.17) is 0 Å². The number of hydrogen-bond donors (Lipinski definition) is 0. The van der Waals surface area contributed by atoms with Crippen LogP contribution in [0.5, 0.6) is 0 Å². The van der Waals surface area contributed by atoms with Gasteiger partial charge in [-0.1, -0.05) is 18.2 Å². The van der Waals surface area contributed by atoms with E-state index in [1.54, 1.807) is 18.6 Å². The number of tetrazole rings is 1. The molecule has 4 heterocycles. The molecule has 0 fully saturated rings. The molecule has 0 aliphatic heterocycles. The second kappa shape index (κ2) is 6.84. The van der Waals surface area contributed by atoms with Gasteiger partial charge in [0.25, 0.3) is 0 Å². The van der Waals surface area contributed by atoms with E-state index >= 15 is 0 Å². The average Bonchev–Trinajstić information content (AvgIpc) is 3.47. The molecule has 0 aliphatic rings. The molecule has 134 valence electrons. The number of aromatic nitrogens is 8. The highest BCUT2D eigenvalue weighted by atomic mass is 15.6. The Labute approximate surface area is 160 Å². The van der Waals surface area contributed by atoms with Gasteiger partial charge in [0.2, 0.25) is 5.82 Å². The summed E-state index contributed by atoms with van der Waals surface area (Å²) in [7, 11) is 0. The minimum Gasteiger partial charge on any atom is -0.262 e. The number of benzene rings is 1. The van der Waals surface area contributed by atoms with Crippen molar-refractivity contribution in [3.05, 3.63) is 85.6 Å². The molecule has 0 amide bonds. The molecule has 0 aliphatic carbocycles. The van der Waals surface area contributed by atoms with Crippen molar-refractivity contribution in [2.75, 3.05) is 0 Å². The molecule has 0 unspecified atom stereocenters. The van der Waals surface area contributed by atoms with Crippen LogP contribution in [-0.2, 0) is 0 Å². The van der Waals surface area contributed by atoms with Crippen molar-refractivity contribution >= 4 is 0 Å². The second-order valence-corrected chi connectivity index (χ2v) is 6.05. The summed E-state index contributed by atoms with van der Waals surface area (Å²) in [5.41, 5.74) is 4.33. The van der Waals surface area contributed by atoms with E-state index in [9.17, 15) is 0 Å². The average molecular weight is 366 g/mol. The standard InChI is InChI=1S/C20H14N8/c1-2-8-22-19(7-1)20-24-26-28(25-20)18-12-16(13-21-14-18)15-5-3-6-17(11-15)27-10-4-9-23-27/h1-14H. The minimum atomic E-state index is 0.465. The van der Waals surface area contributed by atoms with Crippen molar-refractivity contribution in [2.24, 2.45) is 0 Å². The monoisotopic (exact) mass is 366 g/mol. The van der Waals surface area contributed by atoms with Crippen molar-refractivity contribution in [2.45, 2.75) is 0 Å². The molecule has 0 atom stereocenters. The van der Waals surface area contributed by atoms with Gasteiger partial charge < -0.3 is 0 Å². The van der Waals surface area contributed by atoms with E-state index in [1.807, 2.05) is 65.6 Å². The quantitative estimate of drug-likeness (QED) is 0.486. The Morgan fingerprint density at radius 1 is 0.786 bits per heavy atom. The molecular weight excluding hydrogens is 352 g/mol. The topological polar surface area (TPSA) is 87.2 Å². The van der Waals surface area contributed by atoms with E-state index in [-0.39, 0.29) is 0 Å². The van der Waals surface area contributed by atoms with Crippen LogP contribution in [0.2, 0.25) is 0 Å². The van der Waals surface area contributed by atoms with Crippen LogP contribution in [0.15, 0.2) is 85.6 Å². The van der Waals surface area contributed by atoms with E-state index in [0.717, 1.165) is 22.5 Å². The zero-order chi connectivity index (χ0) is 18.8. The largest absolute Gasteiger partial charge is 0.262 e. The Morgan fingerprint density at radius 3 is 2.61 bits per heavy atom. The Hall–Kier alpha value is -4.20. The van der Waals surface area contributed by atoms with Gasteiger partial charge in [0.1, 0.15) is 11.4 Å². The van der Waals surface area contributed by atoms with E-state index < -0.39 is 0 Å². The lowest BCUT2D eigenvalue weighted by molar-refractivity contribution is 0.717. The van der Waals surface area contributed by atoms with Crippen molar-refractivity contribution < 1.29 is 0 Å². The summed E-state index contributed by atoms with van der Waals surface area (Å²) in [5.74, 6) is 0.465. The van der Waals surface area contributed by atoms with Crippen molar-refractivity contribution in [3.63, 3.8) is 0 Å². The van der Waals surface area contributed by atoms with Crippen LogP contribution in [0.4, 0.5) is 0 Å². The molecule has 28 heavy (non-hydrogen) atoms. The molecule has 0 saturated heterocycles. The highest BCUT2D eigenvalue weighted by Crippen LogP contribution is 2.23. The molecule has 0 saturated carbocycles. The molecule has 8 nitrogen and oxygen atoms in total. The first kappa shape index (κ1) is 16.0. The summed E-state index contributed by atoms with van der Waals surface area (Å²) in [4.78, 5) is 10.1. The normalized spacial score (nSPS) is 10.9. The Kier molecular flexibility index (Phi) is 3.91. The summed E-state index contributed by atoms with van der Waals surface area (Å²) < 4.78 is 1.82. The lowest BCUT2D eigenvalue weighted by atomic mass is 10.1. The van der Waals surface area contributed by atoms with Crippen LogP contribution in [0, 0.1) is 0 Å². The van der Waals surface area contributed by atoms with Gasteiger partial charge in [-0.05, 0) is 47.2 Å². The van der Waals surface area contributed by atoms with Crippen molar-refractivity contribution in [3.8, 4) is 34.0 Å². The molecule has 0 bridgehead atoms. The minimum absolute atomic E-state index is 0.465. The molecule has 8 heteroatoms. The molecule has 0 radical (unpaired) electrons. The third-order valence-electron chi connectivity index (χ3n) is 4.21. The molecular formula is C20H14N8. The van der Waals surface area contributed by atoms with Gasteiger partial charge in [0.05, 0.1) is 11.9 Å². The van der Waals surface area contributed by atoms with Crippen LogP contribution in [0.1, 0.15) is 0 Å². The first-order valence-corrected chi connectivity index (χ1v) is 8.64. The van der Waals surface area contributed by atoms with Crippen molar-refractivity contribution in [1.29, 1.82) is 0 Å². The third kappa shape index (κ3) is 3.03. The molecule has 5 rings (SSSR count). The lowest BCUT2D eigenvalue weighted by Gasteiger charge is -2.07. The fourth-order valence-corrected chi connectivity index (χ4v) is 2.87. The summed E-state index contributed by atoms with van der Waals surface area (Å²) in [6.45, 7) is 0. The lowest BCUT2D eigenvalue weighted by Crippen LogP contribution is -2.00. The van der Waals surface area contributed by atoms with Crippen LogP contribution < -0.4 is 0 Å². The second-order valence-electron chi connectivity index (χ2n) is 6.05. The molecule has 0 spiro atoms. The highest BCUT2D eigenvalue weighted by molar-refractivity contribution is 5.67. The molecule has 5 aromatic rings. The fourth-order valence-electron chi connectivity index (χ4n) is 2.87. The zero-order valence-corrected chi connectivity index (χ0v) is 14.7. The van der Waals surface area contributed by atoms with Gasteiger partial charge in [-0.3, -0.25) is 9.97 Å². The Bertz CT molecular complexity index is 1210. The van der Waals surface area contributed by atoms with Crippen LogP contribution in [0.3, 0.4) is 0 Å². The zero-order valence-electron chi connectivity index (χ0n) is 14.7. The number of pyridine rings is 2. The SMILES string of the molecule is c1ccc(-c2nnn(-c3cncc(-c4cccc(-n5cccn5)c4)c3)n2)nc1. The number of rotatable bonds is 4.